The molecule has 0 atom stereocenters. The Morgan fingerprint density at radius 3 is 2.72 bits per heavy atom. The number of aromatic carboxylic acids is 1. The quantitative estimate of drug-likeness (QED) is 0.769. The van der Waals surface area contributed by atoms with Crippen LogP contribution >= 0.6 is 0 Å². The lowest BCUT2D eigenvalue weighted by molar-refractivity contribution is 0.0697. The highest BCUT2D eigenvalue weighted by Crippen LogP contribution is 2.27. The van der Waals surface area contributed by atoms with Gasteiger partial charge >= 0.3 is 5.97 Å². The first-order valence-electron chi connectivity index (χ1n) is 7.92. The van der Waals surface area contributed by atoms with Crippen LogP contribution in [0, 0.1) is 12.7 Å². The minimum Gasteiger partial charge on any atom is -0.478 e. The van der Waals surface area contributed by atoms with Crippen LogP contribution in [0.2, 0.25) is 0 Å². The monoisotopic (exact) mass is 340 g/mol. The van der Waals surface area contributed by atoms with Gasteiger partial charge in [-0.25, -0.2) is 9.18 Å². The fourth-order valence-electron chi connectivity index (χ4n) is 2.65. The number of benzene rings is 2. The van der Waals surface area contributed by atoms with Crippen LogP contribution in [0.3, 0.4) is 0 Å². The Labute approximate surface area is 143 Å². The van der Waals surface area contributed by atoms with Gasteiger partial charge in [-0.3, -0.25) is 0 Å². The van der Waals surface area contributed by atoms with Gasteiger partial charge in [0, 0.05) is 12.0 Å². The van der Waals surface area contributed by atoms with Gasteiger partial charge in [0.2, 0.25) is 0 Å². The molecule has 3 aromatic rings. The van der Waals surface area contributed by atoms with Crippen LogP contribution in [0.5, 0.6) is 0 Å². The van der Waals surface area contributed by atoms with Crippen LogP contribution in [0.4, 0.5) is 4.39 Å². The van der Waals surface area contributed by atoms with Crippen molar-refractivity contribution in [1.82, 2.24) is 20.2 Å². The number of carboxylic acid groups (broad SMARTS) is 1. The predicted molar refractivity (Wildman–Crippen MR) is 90.2 cm³/mol. The molecule has 128 valence electrons. The smallest absolute Gasteiger partial charge is 0.335 e. The fraction of sp³-hybridized carbons (Fsp3) is 0.222. The van der Waals surface area contributed by atoms with Crippen molar-refractivity contribution in [3.63, 3.8) is 0 Å². The van der Waals surface area contributed by atoms with E-state index in [9.17, 15) is 14.3 Å². The van der Waals surface area contributed by atoms with Crippen molar-refractivity contribution in [3.8, 4) is 16.8 Å². The van der Waals surface area contributed by atoms with Crippen molar-refractivity contribution in [2.75, 3.05) is 0 Å². The molecule has 0 spiro atoms. The minimum atomic E-state index is -1.10. The highest BCUT2D eigenvalue weighted by Gasteiger charge is 2.15. The standard InChI is InChI=1S/C18H17FN4O2/c1-3-4-17-20-21-22-23(17)14-9-12(8-13(10-14)18(24)25)15-6-5-11(2)7-16(15)19/h5-10H,3-4H2,1-2H3,(H,24,25). The largest absolute Gasteiger partial charge is 0.478 e. The van der Waals surface area contributed by atoms with Crippen LogP contribution in [0.25, 0.3) is 16.8 Å². The van der Waals surface area contributed by atoms with E-state index in [1.165, 1.54) is 22.9 Å². The van der Waals surface area contributed by atoms with Crippen molar-refractivity contribution >= 4 is 5.97 Å². The molecule has 1 heterocycles. The minimum absolute atomic E-state index is 0.0467. The highest BCUT2D eigenvalue weighted by molar-refractivity contribution is 5.90. The third-order valence-corrected chi connectivity index (χ3v) is 3.85. The summed E-state index contributed by atoms with van der Waals surface area (Å²) in [5.41, 5.74) is 2.13. The molecule has 0 radical (unpaired) electrons. The molecule has 1 N–H and O–H groups in total. The molecule has 7 heteroatoms. The lowest BCUT2D eigenvalue weighted by atomic mass is 10.00. The van der Waals surface area contributed by atoms with E-state index in [0.717, 1.165) is 12.0 Å². The molecule has 0 aliphatic heterocycles. The second kappa shape index (κ2) is 6.80. The third kappa shape index (κ3) is 3.40. The summed E-state index contributed by atoms with van der Waals surface area (Å²) in [6, 6.07) is 9.46. The van der Waals surface area contributed by atoms with Gasteiger partial charge in [0.15, 0.2) is 5.82 Å². The second-order valence-corrected chi connectivity index (χ2v) is 5.81. The Bertz CT molecular complexity index is 937. The first kappa shape index (κ1) is 16.8. The van der Waals surface area contributed by atoms with Gasteiger partial charge in [-0.1, -0.05) is 19.1 Å². The zero-order valence-electron chi connectivity index (χ0n) is 13.9. The van der Waals surface area contributed by atoms with E-state index in [2.05, 4.69) is 15.5 Å². The molecule has 0 aliphatic carbocycles. The maximum atomic E-state index is 14.3. The fourth-order valence-corrected chi connectivity index (χ4v) is 2.65. The molecule has 1 aromatic heterocycles. The molecule has 0 unspecified atom stereocenters. The average Bonchev–Trinajstić information content (AvgIpc) is 3.03. The van der Waals surface area contributed by atoms with Crippen molar-refractivity contribution in [3.05, 3.63) is 59.2 Å². The second-order valence-electron chi connectivity index (χ2n) is 5.81. The van der Waals surface area contributed by atoms with Gasteiger partial charge in [-0.2, -0.15) is 4.68 Å². The van der Waals surface area contributed by atoms with E-state index in [4.69, 9.17) is 0 Å². The molecule has 0 fully saturated rings. The Kier molecular flexibility index (Phi) is 4.56. The molecule has 0 bridgehead atoms. The summed E-state index contributed by atoms with van der Waals surface area (Å²) in [7, 11) is 0. The number of aryl methyl sites for hydroxylation is 2. The van der Waals surface area contributed by atoms with E-state index in [1.54, 1.807) is 25.1 Å². The molecule has 6 nitrogen and oxygen atoms in total. The maximum Gasteiger partial charge on any atom is 0.335 e. The summed E-state index contributed by atoms with van der Waals surface area (Å²) < 4.78 is 15.8. The Morgan fingerprint density at radius 1 is 1.24 bits per heavy atom. The number of carbonyl (C=O) groups is 1. The van der Waals surface area contributed by atoms with Crippen LogP contribution in [0.1, 0.15) is 35.1 Å². The third-order valence-electron chi connectivity index (χ3n) is 3.85. The zero-order valence-corrected chi connectivity index (χ0v) is 13.9. The molecule has 3 rings (SSSR count). The maximum absolute atomic E-state index is 14.3. The zero-order chi connectivity index (χ0) is 18.0. The summed E-state index contributed by atoms with van der Waals surface area (Å²) >= 11 is 0. The van der Waals surface area contributed by atoms with Crippen molar-refractivity contribution in [2.45, 2.75) is 26.7 Å². The molecule has 0 aliphatic rings. The number of tetrazole rings is 1. The SMILES string of the molecule is CCCc1nnnn1-c1cc(C(=O)O)cc(-c2ccc(C)cc2F)c1. The number of hydrogen-bond acceptors (Lipinski definition) is 4. The van der Waals surface area contributed by atoms with E-state index in [0.29, 0.717) is 29.1 Å². The van der Waals surface area contributed by atoms with Crippen molar-refractivity contribution in [1.29, 1.82) is 0 Å². The molecule has 25 heavy (non-hydrogen) atoms. The summed E-state index contributed by atoms with van der Waals surface area (Å²) in [6.45, 7) is 3.80. The molecule has 0 saturated carbocycles. The Hall–Kier alpha value is -3.09. The van der Waals surface area contributed by atoms with E-state index >= 15 is 0 Å². The lowest BCUT2D eigenvalue weighted by Crippen LogP contribution is -2.06. The Morgan fingerprint density at radius 2 is 2.04 bits per heavy atom. The molecular weight excluding hydrogens is 323 g/mol. The van der Waals surface area contributed by atoms with Crippen LogP contribution in [-0.2, 0) is 6.42 Å². The van der Waals surface area contributed by atoms with Gasteiger partial charge < -0.3 is 5.11 Å². The average molecular weight is 340 g/mol. The number of aromatic nitrogens is 4. The van der Waals surface area contributed by atoms with Crippen molar-refractivity contribution in [2.24, 2.45) is 0 Å². The number of rotatable bonds is 5. The Balaban J connectivity index is 2.18. The van der Waals surface area contributed by atoms with E-state index < -0.39 is 11.8 Å². The summed E-state index contributed by atoms with van der Waals surface area (Å²) in [4.78, 5) is 11.5. The van der Waals surface area contributed by atoms with Crippen LogP contribution < -0.4 is 0 Å². The summed E-state index contributed by atoms with van der Waals surface area (Å²) in [5.74, 6) is -0.875. The number of nitrogens with zero attached hydrogens (tertiary/aromatic N) is 4. The molecule has 2 aromatic carbocycles. The van der Waals surface area contributed by atoms with E-state index in [-0.39, 0.29) is 5.56 Å². The molecule has 0 saturated heterocycles. The summed E-state index contributed by atoms with van der Waals surface area (Å²) in [5, 5.41) is 21.0. The number of carboxylic acids is 1. The van der Waals surface area contributed by atoms with Gasteiger partial charge in [-0.15, -0.1) is 5.10 Å². The molecular formula is C18H17FN4O2. The van der Waals surface area contributed by atoms with Gasteiger partial charge in [0.1, 0.15) is 5.82 Å². The first-order valence-corrected chi connectivity index (χ1v) is 7.92. The van der Waals surface area contributed by atoms with Crippen LogP contribution in [-0.4, -0.2) is 31.3 Å². The van der Waals surface area contributed by atoms with Crippen LogP contribution in [0.15, 0.2) is 36.4 Å². The summed E-state index contributed by atoms with van der Waals surface area (Å²) in [6.07, 6.45) is 1.50. The van der Waals surface area contributed by atoms with Gasteiger partial charge in [-0.05, 0) is 59.2 Å². The normalized spacial score (nSPS) is 10.8. The van der Waals surface area contributed by atoms with Gasteiger partial charge in [0.05, 0.1) is 11.3 Å². The number of halogens is 1. The topological polar surface area (TPSA) is 80.9 Å². The van der Waals surface area contributed by atoms with Gasteiger partial charge in [0.25, 0.3) is 0 Å². The predicted octanol–water partition coefficient (Wildman–Crippen LogP) is 3.43. The number of hydrogen-bond donors (Lipinski definition) is 1. The van der Waals surface area contributed by atoms with E-state index in [1.807, 2.05) is 6.92 Å². The first-order chi connectivity index (χ1) is 12.0. The van der Waals surface area contributed by atoms with Crippen molar-refractivity contribution < 1.29 is 14.3 Å². The lowest BCUT2D eigenvalue weighted by Gasteiger charge is -2.10. The molecule has 0 amide bonds. The highest BCUT2D eigenvalue weighted by atomic mass is 19.1.